The number of hydrogen-bond acceptors (Lipinski definition) is 9. The van der Waals surface area contributed by atoms with Crippen molar-refractivity contribution in [3.8, 4) is 0 Å². The predicted molar refractivity (Wildman–Crippen MR) is 101 cm³/mol. The fourth-order valence-corrected chi connectivity index (χ4v) is 2.47. The summed E-state index contributed by atoms with van der Waals surface area (Å²) < 4.78 is 9.94. The lowest BCUT2D eigenvalue weighted by atomic mass is 10.2. The van der Waals surface area contributed by atoms with E-state index in [1.165, 1.54) is 12.0 Å². The highest BCUT2D eigenvalue weighted by molar-refractivity contribution is 6.28. The Morgan fingerprint density at radius 1 is 1.43 bits per heavy atom. The van der Waals surface area contributed by atoms with Crippen LogP contribution < -0.4 is 10.2 Å². The number of methoxy groups -OCH3 is 1. The van der Waals surface area contributed by atoms with Crippen LogP contribution in [0.25, 0.3) is 0 Å². The fraction of sp³-hybridized carbons (Fsp3) is 0.625. The molecule has 156 valence electrons. The lowest BCUT2D eigenvalue weighted by Gasteiger charge is -2.30. The van der Waals surface area contributed by atoms with Gasteiger partial charge in [0.05, 0.1) is 12.0 Å². The van der Waals surface area contributed by atoms with Gasteiger partial charge < -0.3 is 19.7 Å². The largest absolute Gasteiger partial charge is 0.467 e. The van der Waals surface area contributed by atoms with Gasteiger partial charge in [-0.3, -0.25) is 10.1 Å². The van der Waals surface area contributed by atoms with E-state index in [1.54, 1.807) is 27.7 Å². The lowest BCUT2D eigenvalue weighted by molar-refractivity contribution is -0.384. The van der Waals surface area contributed by atoms with Crippen LogP contribution >= 0.6 is 11.6 Å². The van der Waals surface area contributed by atoms with Crippen LogP contribution in [0.2, 0.25) is 5.28 Å². The molecule has 0 fully saturated rings. The minimum absolute atomic E-state index is 0.0149. The summed E-state index contributed by atoms with van der Waals surface area (Å²) in [7, 11) is 1.21. The van der Waals surface area contributed by atoms with E-state index in [-0.39, 0.29) is 30.6 Å². The van der Waals surface area contributed by atoms with Crippen molar-refractivity contribution in [2.24, 2.45) is 0 Å². The van der Waals surface area contributed by atoms with Gasteiger partial charge in [-0.05, 0) is 38.8 Å². The summed E-state index contributed by atoms with van der Waals surface area (Å²) in [5, 5.41) is 13.7. The average Bonchev–Trinajstić information content (AvgIpc) is 2.58. The van der Waals surface area contributed by atoms with Crippen molar-refractivity contribution < 1.29 is 24.0 Å². The van der Waals surface area contributed by atoms with Gasteiger partial charge in [-0.15, -0.1) is 0 Å². The second-order valence-electron chi connectivity index (χ2n) is 6.67. The van der Waals surface area contributed by atoms with E-state index in [1.807, 2.05) is 0 Å². The number of anilines is 1. The van der Waals surface area contributed by atoms with E-state index >= 15 is 0 Å². The molecule has 1 N–H and O–H groups in total. The zero-order valence-electron chi connectivity index (χ0n) is 16.4. The Balaban J connectivity index is 3.14. The van der Waals surface area contributed by atoms with Crippen LogP contribution in [0.1, 0.15) is 34.1 Å². The molecule has 1 aromatic rings. The number of esters is 1. The van der Waals surface area contributed by atoms with Crippen LogP contribution in [0, 0.1) is 10.1 Å². The van der Waals surface area contributed by atoms with Crippen molar-refractivity contribution in [1.29, 1.82) is 0 Å². The van der Waals surface area contributed by atoms with Gasteiger partial charge in [0.2, 0.25) is 11.1 Å². The SMILES string of the molecule is CCC(C(=O)OC)N(CCNC(=O)OC(C)(C)C)c1nc(Cl)ncc1[N+](=O)[O-]. The number of amides is 1. The number of carbonyl (C=O) groups is 2. The van der Waals surface area contributed by atoms with Gasteiger partial charge in [-0.25, -0.2) is 14.6 Å². The molecule has 28 heavy (non-hydrogen) atoms. The standard InChI is InChI=1S/C16H24ClN5O6/c1-6-10(13(23)27-5)21(8-7-18-15(24)28-16(2,3)4)12-11(22(25)26)9-19-14(17)20-12/h9-10H,6-8H2,1-5H3,(H,18,24). The van der Waals surface area contributed by atoms with E-state index < -0.39 is 34.3 Å². The lowest BCUT2D eigenvalue weighted by Crippen LogP contribution is -2.46. The zero-order chi connectivity index (χ0) is 21.5. The molecule has 0 aliphatic rings. The zero-order valence-corrected chi connectivity index (χ0v) is 17.1. The van der Waals surface area contributed by atoms with Gasteiger partial charge in [-0.2, -0.15) is 4.98 Å². The highest BCUT2D eigenvalue weighted by atomic mass is 35.5. The van der Waals surface area contributed by atoms with Crippen molar-refractivity contribution in [3.05, 3.63) is 21.6 Å². The summed E-state index contributed by atoms with van der Waals surface area (Å²) >= 11 is 5.81. The van der Waals surface area contributed by atoms with Crippen molar-refractivity contribution in [2.45, 2.75) is 45.8 Å². The molecule has 0 spiro atoms. The first kappa shape index (κ1) is 23.3. The molecule has 12 heteroatoms. The monoisotopic (exact) mass is 417 g/mol. The highest BCUT2D eigenvalue weighted by Gasteiger charge is 2.32. The molecule has 1 unspecified atom stereocenters. The molecule has 0 saturated heterocycles. The smallest absolute Gasteiger partial charge is 0.407 e. The summed E-state index contributed by atoms with van der Waals surface area (Å²) in [6.07, 6.45) is 0.578. The average molecular weight is 418 g/mol. The summed E-state index contributed by atoms with van der Waals surface area (Å²) in [5.74, 6) is -0.753. The number of aromatic nitrogens is 2. The number of nitro groups is 1. The van der Waals surface area contributed by atoms with Gasteiger partial charge >= 0.3 is 17.7 Å². The Hall–Kier alpha value is -2.69. The summed E-state index contributed by atoms with van der Waals surface area (Å²) in [6.45, 7) is 6.91. The molecule has 1 aromatic heterocycles. The number of alkyl carbamates (subject to hydrolysis) is 1. The number of nitrogens with one attached hydrogen (secondary N) is 1. The highest BCUT2D eigenvalue weighted by Crippen LogP contribution is 2.28. The first-order valence-corrected chi connectivity index (χ1v) is 8.86. The van der Waals surface area contributed by atoms with E-state index in [4.69, 9.17) is 21.1 Å². The van der Waals surface area contributed by atoms with Crippen molar-refractivity contribution in [2.75, 3.05) is 25.1 Å². The maximum Gasteiger partial charge on any atom is 0.407 e. The molecule has 1 amide bonds. The topological polar surface area (TPSA) is 137 Å². The fourth-order valence-electron chi connectivity index (χ4n) is 2.34. The molecular weight excluding hydrogens is 394 g/mol. The van der Waals surface area contributed by atoms with E-state index in [9.17, 15) is 19.7 Å². The maximum absolute atomic E-state index is 12.2. The maximum atomic E-state index is 12.2. The first-order chi connectivity index (χ1) is 13.0. The van der Waals surface area contributed by atoms with Gasteiger partial charge in [0.25, 0.3) is 0 Å². The summed E-state index contributed by atoms with van der Waals surface area (Å²) in [5.41, 5.74) is -1.11. The van der Waals surface area contributed by atoms with Gasteiger partial charge in [0, 0.05) is 13.1 Å². The number of hydrogen-bond donors (Lipinski definition) is 1. The van der Waals surface area contributed by atoms with E-state index in [0.29, 0.717) is 0 Å². The second-order valence-corrected chi connectivity index (χ2v) is 7.01. The first-order valence-electron chi connectivity index (χ1n) is 8.48. The molecular formula is C16H24ClN5O6. The van der Waals surface area contributed by atoms with Gasteiger partial charge in [0.15, 0.2) is 0 Å². The van der Waals surface area contributed by atoms with E-state index in [2.05, 4.69) is 15.3 Å². The number of halogens is 1. The number of nitrogens with zero attached hydrogens (tertiary/aromatic N) is 4. The molecule has 1 rings (SSSR count). The molecule has 11 nitrogen and oxygen atoms in total. The molecule has 1 heterocycles. The van der Waals surface area contributed by atoms with Crippen LogP contribution in [0.4, 0.5) is 16.3 Å². The van der Waals surface area contributed by atoms with Crippen LogP contribution in [-0.2, 0) is 14.3 Å². The predicted octanol–water partition coefficient (Wildman–Crippen LogP) is 2.32. The molecule has 0 aliphatic carbocycles. The molecule has 0 radical (unpaired) electrons. The van der Waals surface area contributed by atoms with Gasteiger partial charge in [0.1, 0.15) is 17.8 Å². The van der Waals surface area contributed by atoms with Crippen LogP contribution in [0.3, 0.4) is 0 Å². The Labute approximate surface area is 167 Å². The molecule has 0 aliphatic heterocycles. The Bertz CT molecular complexity index is 724. The molecule has 1 atom stereocenters. The summed E-state index contributed by atoms with van der Waals surface area (Å²) in [4.78, 5) is 43.6. The molecule has 0 aromatic carbocycles. The van der Waals surface area contributed by atoms with Crippen molar-refractivity contribution >= 4 is 35.2 Å². The normalized spacial score (nSPS) is 12.1. The number of ether oxygens (including phenoxy) is 2. The molecule has 0 saturated carbocycles. The Morgan fingerprint density at radius 3 is 2.57 bits per heavy atom. The van der Waals surface area contributed by atoms with Crippen molar-refractivity contribution in [3.63, 3.8) is 0 Å². The Morgan fingerprint density at radius 2 is 2.07 bits per heavy atom. The van der Waals surface area contributed by atoms with E-state index in [0.717, 1.165) is 6.20 Å². The minimum Gasteiger partial charge on any atom is -0.467 e. The third-order valence-electron chi connectivity index (χ3n) is 3.45. The van der Waals surface area contributed by atoms with Crippen LogP contribution in [0.15, 0.2) is 6.20 Å². The minimum atomic E-state index is -0.880. The van der Waals surface area contributed by atoms with Crippen LogP contribution in [-0.4, -0.2) is 58.8 Å². The number of carbonyl (C=O) groups excluding carboxylic acids is 2. The van der Waals surface area contributed by atoms with Gasteiger partial charge in [-0.1, -0.05) is 6.92 Å². The van der Waals surface area contributed by atoms with Crippen LogP contribution in [0.5, 0.6) is 0 Å². The third kappa shape index (κ3) is 6.80. The second kappa shape index (κ2) is 10.0. The summed E-state index contributed by atoms with van der Waals surface area (Å²) in [6, 6.07) is -0.880. The molecule has 0 bridgehead atoms. The quantitative estimate of drug-likeness (QED) is 0.292. The van der Waals surface area contributed by atoms with Crippen molar-refractivity contribution in [1.82, 2.24) is 15.3 Å². The number of rotatable bonds is 8. The Kier molecular flexibility index (Phi) is 8.35. The third-order valence-corrected chi connectivity index (χ3v) is 3.63.